The largest absolute Gasteiger partial charge is 0.388 e. The molecule has 0 unspecified atom stereocenters. The molecule has 1 aliphatic rings. The van der Waals surface area contributed by atoms with Crippen LogP contribution in [-0.2, 0) is 4.74 Å². The molecular weight excluding hydrogens is 226 g/mol. The fraction of sp³-hybridized carbons (Fsp3) is 0.700. The van der Waals surface area contributed by atoms with Crippen LogP contribution in [0.1, 0.15) is 12.8 Å². The molecule has 1 aromatic heterocycles. The maximum absolute atomic E-state index is 10.3. The summed E-state index contributed by atoms with van der Waals surface area (Å²) in [4.78, 5) is 2.00. The summed E-state index contributed by atoms with van der Waals surface area (Å²) in [5, 5.41) is 11.3. The van der Waals surface area contributed by atoms with Gasteiger partial charge in [-0.05, 0) is 11.5 Å². The number of nitrogen functional groups attached to an aromatic ring is 1. The van der Waals surface area contributed by atoms with Gasteiger partial charge in [-0.25, -0.2) is 0 Å². The summed E-state index contributed by atoms with van der Waals surface area (Å²) < 4.78 is 9.27. The molecule has 1 aromatic rings. The highest BCUT2D eigenvalue weighted by atomic mass is 32.1. The smallest absolute Gasteiger partial charge is 0.139 e. The summed E-state index contributed by atoms with van der Waals surface area (Å²) in [5.74, 6) is 0.533. The fourth-order valence-electron chi connectivity index (χ4n) is 1.89. The summed E-state index contributed by atoms with van der Waals surface area (Å²) in [6.45, 7) is 1.86. The van der Waals surface area contributed by atoms with Crippen LogP contribution < -0.4 is 10.6 Å². The summed E-state index contributed by atoms with van der Waals surface area (Å²) >= 11 is 1.35. The van der Waals surface area contributed by atoms with Gasteiger partial charge in [0.05, 0.1) is 5.60 Å². The normalized spacial score (nSPS) is 19.6. The van der Waals surface area contributed by atoms with Crippen LogP contribution in [0.3, 0.4) is 0 Å². The minimum atomic E-state index is -0.647. The number of hydrogen-bond donors (Lipinski definition) is 2. The second kappa shape index (κ2) is 4.57. The number of rotatable bonds is 3. The zero-order chi connectivity index (χ0) is 11.6. The zero-order valence-electron chi connectivity index (χ0n) is 9.35. The monoisotopic (exact) mass is 243 g/mol. The number of anilines is 2. The minimum absolute atomic E-state index is 0.533. The van der Waals surface area contributed by atoms with E-state index in [0.29, 0.717) is 38.4 Å². The Hall–Kier alpha value is -0.850. The fourth-order valence-corrected chi connectivity index (χ4v) is 2.52. The molecule has 1 fully saturated rings. The Morgan fingerprint density at radius 3 is 2.88 bits per heavy atom. The number of aliphatic hydroxyl groups is 1. The first-order valence-electron chi connectivity index (χ1n) is 5.32. The summed E-state index contributed by atoms with van der Waals surface area (Å²) in [6.07, 6.45) is 1.37. The third-order valence-electron chi connectivity index (χ3n) is 2.85. The lowest BCUT2D eigenvalue weighted by molar-refractivity contribution is -0.0572. The van der Waals surface area contributed by atoms with Crippen LogP contribution >= 0.6 is 11.5 Å². The molecule has 5 nitrogen and oxygen atoms in total. The predicted octanol–water partition coefficient (Wildman–Crippen LogP) is 0.703. The Bertz CT molecular complexity index is 350. The lowest BCUT2D eigenvalue weighted by Crippen LogP contribution is -2.45. The average Bonchev–Trinajstić information content (AvgIpc) is 2.65. The third kappa shape index (κ3) is 2.63. The topological polar surface area (TPSA) is 71.6 Å². The minimum Gasteiger partial charge on any atom is -0.388 e. The van der Waals surface area contributed by atoms with Crippen molar-refractivity contribution in [2.45, 2.75) is 18.4 Å². The van der Waals surface area contributed by atoms with Gasteiger partial charge in [-0.3, -0.25) is 0 Å². The van der Waals surface area contributed by atoms with E-state index in [0.717, 1.165) is 5.00 Å². The first-order chi connectivity index (χ1) is 7.59. The van der Waals surface area contributed by atoms with Crippen molar-refractivity contribution in [1.29, 1.82) is 0 Å². The van der Waals surface area contributed by atoms with E-state index in [2.05, 4.69) is 4.37 Å². The number of ether oxygens (including phenoxy) is 1. The van der Waals surface area contributed by atoms with E-state index < -0.39 is 5.60 Å². The second-order valence-electron chi connectivity index (χ2n) is 4.28. The molecule has 1 saturated heterocycles. The summed E-state index contributed by atoms with van der Waals surface area (Å²) in [5.41, 5.74) is 4.93. The van der Waals surface area contributed by atoms with Crippen molar-refractivity contribution in [2.24, 2.45) is 0 Å². The highest BCUT2D eigenvalue weighted by molar-refractivity contribution is 7.10. The lowest BCUT2D eigenvalue weighted by Gasteiger charge is -2.35. The summed E-state index contributed by atoms with van der Waals surface area (Å²) in [6, 6.07) is 1.83. The van der Waals surface area contributed by atoms with Gasteiger partial charge in [-0.15, -0.1) is 0 Å². The van der Waals surface area contributed by atoms with Gasteiger partial charge in [0.25, 0.3) is 0 Å². The van der Waals surface area contributed by atoms with Crippen LogP contribution in [0.5, 0.6) is 0 Å². The van der Waals surface area contributed by atoms with Crippen molar-refractivity contribution in [2.75, 3.05) is 37.4 Å². The van der Waals surface area contributed by atoms with Gasteiger partial charge in [-0.1, -0.05) is 0 Å². The third-order valence-corrected chi connectivity index (χ3v) is 3.77. The van der Waals surface area contributed by atoms with E-state index >= 15 is 0 Å². The molecule has 1 aliphatic heterocycles. The average molecular weight is 243 g/mol. The van der Waals surface area contributed by atoms with Crippen molar-refractivity contribution in [3.8, 4) is 0 Å². The maximum atomic E-state index is 10.3. The zero-order valence-corrected chi connectivity index (χ0v) is 10.2. The van der Waals surface area contributed by atoms with Gasteiger partial charge in [0.1, 0.15) is 10.8 Å². The van der Waals surface area contributed by atoms with E-state index in [1.165, 1.54) is 11.5 Å². The van der Waals surface area contributed by atoms with Crippen LogP contribution in [0, 0.1) is 0 Å². The van der Waals surface area contributed by atoms with Crippen molar-refractivity contribution in [3.63, 3.8) is 0 Å². The highest BCUT2D eigenvalue weighted by Gasteiger charge is 2.31. The van der Waals surface area contributed by atoms with E-state index in [-0.39, 0.29) is 0 Å². The van der Waals surface area contributed by atoms with E-state index in [4.69, 9.17) is 10.5 Å². The number of likely N-dealkylation sites (N-methyl/N-ethyl adjacent to an activating group) is 1. The number of aromatic nitrogens is 1. The lowest BCUT2D eigenvalue weighted by atomic mass is 9.94. The maximum Gasteiger partial charge on any atom is 0.139 e. The quantitative estimate of drug-likeness (QED) is 0.818. The number of hydrogen-bond acceptors (Lipinski definition) is 6. The SMILES string of the molecule is CN(CC1(O)CCOCC1)c1cc(N)ns1. The molecule has 0 amide bonds. The van der Waals surface area contributed by atoms with E-state index in [1.807, 2.05) is 18.0 Å². The van der Waals surface area contributed by atoms with Gasteiger partial charge < -0.3 is 20.5 Å². The molecule has 0 atom stereocenters. The Kier molecular flexibility index (Phi) is 3.32. The van der Waals surface area contributed by atoms with Gasteiger partial charge >= 0.3 is 0 Å². The van der Waals surface area contributed by atoms with Crippen molar-refractivity contribution in [3.05, 3.63) is 6.07 Å². The molecular formula is C10H17N3O2S. The first kappa shape index (κ1) is 11.6. The predicted molar refractivity (Wildman–Crippen MR) is 64.8 cm³/mol. The molecule has 2 rings (SSSR count). The van der Waals surface area contributed by atoms with Crippen molar-refractivity contribution >= 4 is 22.4 Å². The Labute approximate surface area is 99.0 Å². The van der Waals surface area contributed by atoms with Gasteiger partial charge in [0.15, 0.2) is 0 Å². The van der Waals surface area contributed by atoms with E-state index in [1.54, 1.807) is 0 Å². The van der Waals surface area contributed by atoms with Crippen LogP contribution in [0.25, 0.3) is 0 Å². The Morgan fingerprint density at radius 2 is 2.31 bits per heavy atom. The van der Waals surface area contributed by atoms with Crippen molar-refractivity contribution < 1.29 is 9.84 Å². The molecule has 2 heterocycles. The van der Waals surface area contributed by atoms with Crippen LogP contribution in [0.4, 0.5) is 10.8 Å². The molecule has 0 bridgehead atoms. The van der Waals surface area contributed by atoms with E-state index in [9.17, 15) is 5.11 Å². The van der Waals surface area contributed by atoms with Crippen LogP contribution in [-0.4, -0.2) is 41.9 Å². The standard InChI is InChI=1S/C10H17N3O2S/c1-13(9-6-8(11)12-16-9)7-10(14)2-4-15-5-3-10/h6,14H,2-5,7H2,1H3,(H2,11,12). The van der Waals surface area contributed by atoms with Crippen LogP contribution in [0.15, 0.2) is 6.07 Å². The molecule has 16 heavy (non-hydrogen) atoms. The first-order valence-corrected chi connectivity index (χ1v) is 6.10. The molecule has 0 radical (unpaired) electrons. The molecule has 0 spiro atoms. The highest BCUT2D eigenvalue weighted by Crippen LogP contribution is 2.27. The molecule has 0 aromatic carbocycles. The van der Waals surface area contributed by atoms with Gasteiger partial charge in [0, 0.05) is 45.7 Å². The Balaban J connectivity index is 1.98. The molecule has 0 aliphatic carbocycles. The molecule has 3 N–H and O–H groups in total. The van der Waals surface area contributed by atoms with Crippen molar-refractivity contribution in [1.82, 2.24) is 4.37 Å². The molecule has 0 saturated carbocycles. The van der Waals surface area contributed by atoms with Crippen LogP contribution in [0.2, 0.25) is 0 Å². The molecule has 90 valence electrons. The molecule has 6 heteroatoms. The van der Waals surface area contributed by atoms with Gasteiger partial charge in [-0.2, -0.15) is 4.37 Å². The van der Waals surface area contributed by atoms with Gasteiger partial charge in [0.2, 0.25) is 0 Å². The number of nitrogens with two attached hydrogens (primary N) is 1. The number of nitrogens with zero attached hydrogens (tertiary/aromatic N) is 2. The second-order valence-corrected chi connectivity index (χ2v) is 5.07. The Morgan fingerprint density at radius 1 is 1.62 bits per heavy atom. The summed E-state index contributed by atoms with van der Waals surface area (Å²) in [7, 11) is 1.94.